The van der Waals surface area contributed by atoms with Gasteiger partial charge in [-0.2, -0.15) is 0 Å². The Bertz CT molecular complexity index is 293. The summed E-state index contributed by atoms with van der Waals surface area (Å²) in [5, 5.41) is 0. The number of carbonyl (C=O) groups excluding carboxylic acids is 1. The Balaban J connectivity index is 3.30. The van der Waals surface area contributed by atoms with Crippen molar-refractivity contribution in [2.45, 2.75) is 11.5 Å². The van der Waals surface area contributed by atoms with E-state index in [9.17, 15) is 4.79 Å². The van der Waals surface area contributed by atoms with Crippen LogP contribution in [0.3, 0.4) is 0 Å². The van der Waals surface area contributed by atoms with E-state index in [0.717, 1.165) is 0 Å². The van der Waals surface area contributed by atoms with Crippen molar-refractivity contribution < 1.29 is 9.53 Å². The molecule has 0 radical (unpaired) electrons. The van der Waals surface area contributed by atoms with Crippen LogP contribution < -0.4 is 28.7 Å². The highest BCUT2D eigenvalue weighted by atomic mass is 127. The summed E-state index contributed by atoms with van der Waals surface area (Å²) in [5.74, 6) is -2.71. The summed E-state index contributed by atoms with van der Waals surface area (Å²) in [7, 11) is 0. The molecule has 0 bridgehead atoms. The van der Waals surface area contributed by atoms with Gasteiger partial charge in [0.15, 0.2) is 5.66 Å². The monoisotopic (exact) mass is 299 g/mol. The van der Waals surface area contributed by atoms with Gasteiger partial charge in [-0.05, 0) is 22.6 Å². The van der Waals surface area contributed by atoms with Crippen molar-refractivity contribution >= 4 is 28.6 Å². The number of cyclic esters (lactones) is 1. The Kier molecular flexibility index (Phi) is 2.28. The van der Waals surface area contributed by atoms with E-state index in [2.05, 4.69) is 4.74 Å². The molecule has 1 aliphatic heterocycles. The zero-order valence-corrected chi connectivity index (χ0v) is 8.74. The number of hydrogen-bond acceptors (Lipinski definition) is 7. The molecule has 0 unspecified atom stereocenters. The van der Waals surface area contributed by atoms with E-state index in [1.807, 2.05) is 0 Å². The topological polar surface area (TPSA) is 156 Å². The molecule has 0 amide bonds. The average Bonchev–Trinajstić information content (AvgIpc) is 1.96. The highest BCUT2D eigenvalue weighted by Crippen LogP contribution is 2.30. The largest absolute Gasteiger partial charge is 0.423 e. The number of nitrogens with two attached hydrogens (primary N) is 5. The summed E-state index contributed by atoms with van der Waals surface area (Å²) >= 11 is 1.69. The van der Waals surface area contributed by atoms with Gasteiger partial charge < -0.3 is 21.9 Å². The fourth-order valence-electron chi connectivity index (χ4n) is 0.948. The van der Waals surface area contributed by atoms with E-state index in [0.29, 0.717) is 0 Å². The number of rotatable bonds is 0. The number of hydrogen-bond donors (Lipinski definition) is 5. The standard InChI is InChI=1S/C5H10IN5O2/c6-2(7)1-3(12)13-5(10,11)4(1,8)9/h7-11H2/b2-1-. The first-order chi connectivity index (χ1) is 5.70. The van der Waals surface area contributed by atoms with E-state index >= 15 is 0 Å². The molecule has 13 heavy (non-hydrogen) atoms. The number of halogens is 1. The van der Waals surface area contributed by atoms with E-state index < -0.39 is 17.5 Å². The van der Waals surface area contributed by atoms with Crippen molar-refractivity contribution in [3.63, 3.8) is 0 Å². The summed E-state index contributed by atoms with van der Waals surface area (Å²) in [4.78, 5) is 11.2. The molecule has 0 aliphatic carbocycles. The van der Waals surface area contributed by atoms with Crippen LogP contribution in [0.4, 0.5) is 0 Å². The van der Waals surface area contributed by atoms with Gasteiger partial charge in [-0.3, -0.25) is 11.5 Å². The Hall–Kier alpha value is -0.420. The van der Waals surface area contributed by atoms with Gasteiger partial charge in [0.2, 0.25) is 0 Å². The molecule has 1 heterocycles. The van der Waals surface area contributed by atoms with Crippen molar-refractivity contribution in [1.82, 2.24) is 0 Å². The third kappa shape index (κ3) is 1.40. The maximum absolute atomic E-state index is 11.2. The molecule has 0 atom stereocenters. The Morgan fingerprint density at radius 1 is 1.31 bits per heavy atom. The zero-order chi connectivity index (χ0) is 10.4. The molecule has 74 valence electrons. The predicted octanol–water partition coefficient (Wildman–Crippen LogP) is -2.67. The third-order valence-electron chi connectivity index (χ3n) is 1.76. The van der Waals surface area contributed by atoms with Gasteiger partial charge in [-0.1, -0.05) is 0 Å². The fourth-order valence-corrected chi connectivity index (χ4v) is 1.61. The molecular formula is C5H10IN5O2. The van der Waals surface area contributed by atoms with Crippen LogP contribution in [0, 0.1) is 0 Å². The third-order valence-corrected chi connectivity index (χ3v) is 2.30. The van der Waals surface area contributed by atoms with E-state index in [4.69, 9.17) is 28.7 Å². The summed E-state index contributed by atoms with van der Waals surface area (Å²) in [5.41, 5.74) is 25.3. The maximum Gasteiger partial charge on any atom is 0.343 e. The van der Waals surface area contributed by atoms with Gasteiger partial charge in [-0.15, -0.1) is 0 Å². The first-order valence-electron chi connectivity index (χ1n) is 3.24. The van der Waals surface area contributed by atoms with Crippen LogP contribution >= 0.6 is 22.6 Å². The van der Waals surface area contributed by atoms with Gasteiger partial charge >= 0.3 is 5.97 Å². The fraction of sp³-hybridized carbons (Fsp3) is 0.400. The lowest BCUT2D eigenvalue weighted by Crippen LogP contribution is -2.74. The lowest BCUT2D eigenvalue weighted by molar-refractivity contribution is -0.147. The molecule has 1 fully saturated rings. The molecule has 0 aromatic carbocycles. The van der Waals surface area contributed by atoms with Gasteiger partial charge in [0.25, 0.3) is 5.85 Å². The zero-order valence-electron chi connectivity index (χ0n) is 6.58. The lowest BCUT2D eigenvalue weighted by Gasteiger charge is -2.30. The predicted molar refractivity (Wildman–Crippen MR) is 53.5 cm³/mol. The van der Waals surface area contributed by atoms with Gasteiger partial charge in [0.1, 0.15) is 5.57 Å². The smallest absolute Gasteiger partial charge is 0.343 e. The second kappa shape index (κ2) is 2.78. The normalized spacial score (nSPS) is 28.5. The molecule has 7 nitrogen and oxygen atoms in total. The van der Waals surface area contributed by atoms with Crippen LogP contribution in [0.1, 0.15) is 0 Å². The molecule has 1 rings (SSSR count). The van der Waals surface area contributed by atoms with E-state index in [1.165, 1.54) is 0 Å². The van der Waals surface area contributed by atoms with Crippen LogP contribution in [-0.2, 0) is 9.53 Å². The van der Waals surface area contributed by atoms with Crippen LogP contribution in [0.25, 0.3) is 0 Å². The molecule has 8 heteroatoms. The number of carbonyl (C=O) groups is 1. The molecule has 1 aliphatic rings. The number of ether oxygens (including phenoxy) is 1. The van der Waals surface area contributed by atoms with E-state index in [1.54, 1.807) is 22.6 Å². The molecule has 0 aromatic rings. The Morgan fingerprint density at radius 3 is 1.92 bits per heavy atom. The van der Waals surface area contributed by atoms with Crippen LogP contribution in [-0.4, -0.2) is 17.5 Å². The maximum atomic E-state index is 11.2. The summed E-state index contributed by atoms with van der Waals surface area (Å²) in [6.45, 7) is 0. The van der Waals surface area contributed by atoms with Gasteiger partial charge in [-0.25, -0.2) is 4.79 Å². The van der Waals surface area contributed by atoms with Crippen LogP contribution in [0.5, 0.6) is 0 Å². The minimum absolute atomic E-state index is 0.0990. The molecule has 10 N–H and O–H groups in total. The van der Waals surface area contributed by atoms with Crippen molar-refractivity contribution in [3.8, 4) is 0 Å². The van der Waals surface area contributed by atoms with Crippen LogP contribution in [0.15, 0.2) is 9.28 Å². The summed E-state index contributed by atoms with van der Waals surface area (Å²) in [6.07, 6.45) is 0. The molecule has 1 saturated heterocycles. The first kappa shape index (κ1) is 10.7. The molecule has 0 saturated carbocycles. The van der Waals surface area contributed by atoms with Crippen molar-refractivity contribution in [2.24, 2.45) is 28.7 Å². The highest BCUT2D eigenvalue weighted by molar-refractivity contribution is 14.1. The Morgan fingerprint density at radius 2 is 1.77 bits per heavy atom. The molecular weight excluding hydrogens is 289 g/mol. The van der Waals surface area contributed by atoms with Crippen molar-refractivity contribution in [2.75, 3.05) is 0 Å². The summed E-state index contributed by atoms with van der Waals surface area (Å²) < 4.78 is 4.68. The lowest BCUT2D eigenvalue weighted by atomic mass is 10.0. The van der Waals surface area contributed by atoms with Crippen molar-refractivity contribution in [3.05, 3.63) is 9.28 Å². The Labute approximate surface area is 87.7 Å². The average molecular weight is 299 g/mol. The molecule has 0 spiro atoms. The minimum Gasteiger partial charge on any atom is -0.423 e. The second-order valence-corrected chi connectivity index (χ2v) is 3.94. The minimum atomic E-state index is -1.92. The summed E-state index contributed by atoms with van der Waals surface area (Å²) in [6, 6.07) is 0. The van der Waals surface area contributed by atoms with Gasteiger partial charge in [0.05, 0.1) is 3.70 Å². The molecule has 0 aromatic heterocycles. The quantitative estimate of drug-likeness (QED) is 0.107. The van der Waals surface area contributed by atoms with Crippen LogP contribution in [0.2, 0.25) is 0 Å². The second-order valence-electron chi connectivity index (χ2n) is 2.77. The van der Waals surface area contributed by atoms with E-state index in [-0.39, 0.29) is 9.28 Å². The first-order valence-corrected chi connectivity index (χ1v) is 4.32. The van der Waals surface area contributed by atoms with Crippen molar-refractivity contribution in [1.29, 1.82) is 0 Å². The highest BCUT2D eigenvalue weighted by Gasteiger charge is 2.57. The van der Waals surface area contributed by atoms with Gasteiger partial charge in [0, 0.05) is 0 Å². The number of esters is 1. The SMILES string of the molecule is N/C(I)=C1/C(=O)OC(N)(N)C1(N)N.